The van der Waals surface area contributed by atoms with Crippen LogP contribution in [0.25, 0.3) is 0 Å². The summed E-state index contributed by atoms with van der Waals surface area (Å²) in [5.74, 6) is -0.745. The van der Waals surface area contributed by atoms with Gasteiger partial charge in [-0.25, -0.2) is 4.39 Å². The molecule has 0 bridgehead atoms. The van der Waals surface area contributed by atoms with Crippen molar-refractivity contribution in [3.63, 3.8) is 0 Å². The number of nitrogens with two attached hydrogens (primary N) is 1. The molecule has 2 aromatic rings. The van der Waals surface area contributed by atoms with Gasteiger partial charge in [-0.15, -0.1) is 0 Å². The van der Waals surface area contributed by atoms with E-state index in [9.17, 15) is 14.0 Å². The SMILES string of the molecule is CC(C)(CNC(=O)C(N)C1CCC(C(=O)Nc2ccncc2)CC1)c1ccc(F)c(Cl)c1. The molecule has 1 aromatic heterocycles. The van der Waals surface area contributed by atoms with Gasteiger partial charge in [-0.2, -0.15) is 0 Å². The van der Waals surface area contributed by atoms with Crippen LogP contribution in [-0.2, 0) is 15.0 Å². The van der Waals surface area contributed by atoms with E-state index in [1.54, 1.807) is 36.7 Å². The number of nitrogens with one attached hydrogen (secondary N) is 2. The van der Waals surface area contributed by atoms with Crippen molar-refractivity contribution >= 4 is 29.1 Å². The Morgan fingerprint density at radius 2 is 1.84 bits per heavy atom. The Bertz CT molecular complexity index is 946. The van der Waals surface area contributed by atoms with Crippen molar-refractivity contribution in [1.82, 2.24) is 10.3 Å². The van der Waals surface area contributed by atoms with Gasteiger partial charge in [-0.05, 0) is 61.4 Å². The number of hydrogen-bond donors (Lipinski definition) is 3. The molecule has 32 heavy (non-hydrogen) atoms. The van der Waals surface area contributed by atoms with Crippen LogP contribution in [0.1, 0.15) is 45.1 Å². The number of carbonyl (C=O) groups is 2. The van der Waals surface area contributed by atoms with Crippen molar-refractivity contribution < 1.29 is 14.0 Å². The molecule has 6 nitrogen and oxygen atoms in total. The maximum atomic E-state index is 13.5. The number of amides is 2. The first-order valence-electron chi connectivity index (χ1n) is 10.9. The lowest BCUT2D eigenvalue weighted by molar-refractivity contribution is -0.124. The third-order valence-electron chi connectivity index (χ3n) is 6.31. The van der Waals surface area contributed by atoms with Crippen LogP contribution in [0.4, 0.5) is 10.1 Å². The zero-order valence-corrected chi connectivity index (χ0v) is 19.2. The highest BCUT2D eigenvalue weighted by atomic mass is 35.5. The van der Waals surface area contributed by atoms with E-state index in [0.29, 0.717) is 19.4 Å². The van der Waals surface area contributed by atoms with Gasteiger partial charge in [-0.1, -0.05) is 31.5 Å². The van der Waals surface area contributed by atoms with Gasteiger partial charge in [0.1, 0.15) is 5.82 Å². The summed E-state index contributed by atoms with van der Waals surface area (Å²) in [4.78, 5) is 29.1. The molecule has 1 saturated carbocycles. The summed E-state index contributed by atoms with van der Waals surface area (Å²) in [7, 11) is 0. The van der Waals surface area contributed by atoms with Crippen LogP contribution in [-0.4, -0.2) is 29.4 Å². The van der Waals surface area contributed by atoms with Crippen molar-refractivity contribution in [2.45, 2.75) is 51.0 Å². The standard InChI is InChI=1S/C24H30ClFN4O2/c1-24(2,17-7-8-20(26)19(25)13-17)14-29-23(32)21(27)15-3-5-16(6-4-15)22(31)30-18-9-11-28-12-10-18/h7-13,15-16,21H,3-6,14,27H2,1-2H3,(H,29,32)(H,28,30,31). The minimum absolute atomic E-state index is 0.00705. The van der Waals surface area contributed by atoms with Crippen molar-refractivity contribution in [3.05, 3.63) is 59.1 Å². The molecule has 1 heterocycles. The molecule has 8 heteroatoms. The average Bonchev–Trinajstić information content (AvgIpc) is 2.79. The lowest BCUT2D eigenvalue weighted by atomic mass is 9.78. The van der Waals surface area contributed by atoms with Crippen LogP contribution in [0.15, 0.2) is 42.7 Å². The Morgan fingerprint density at radius 1 is 1.19 bits per heavy atom. The van der Waals surface area contributed by atoms with E-state index < -0.39 is 17.3 Å². The van der Waals surface area contributed by atoms with Crippen LogP contribution in [0.2, 0.25) is 5.02 Å². The Hall–Kier alpha value is -2.51. The van der Waals surface area contributed by atoms with Crippen molar-refractivity contribution in [3.8, 4) is 0 Å². The number of benzene rings is 1. The molecule has 3 rings (SSSR count). The molecule has 1 fully saturated rings. The van der Waals surface area contributed by atoms with Gasteiger partial charge in [0.05, 0.1) is 11.1 Å². The van der Waals surface area contributed by atoms with Crippen LogP contribution in [0.5, 0.6) is 0 Å². The van der Waals surface area contributed by atoms with E-state index in [2.05, 4.69) is 15.6 Å². The van der Waals surface area contributed by atoms with Gasteiger partial charge in [-0.3, -0.25) is 14.6 Å². The molecule has 1 aliphatic carbocycles. The number of hydrogen-bond acceptors (Lipinski definition) is 4. The molecule has 0 saturated heterocycles. The topological polar surface area (TPSA) is 97.1 Å². The number of pyridine rings is 1. The van der Waals surface area contributed by atoms with Gasteiger partial charge >= 0.3 is 0 Å². The first-order chi connectivity index (χ1) is 15.2. The second kappa shape index (κ2) is 10.4. The lowest BCUT2D eigenvalue weighted by Gasteiger charge is -2.32. The summed E-state index contributed by atoms with van der Waals surface area (Å²) in [6.07, 6.45) is 6.11. The third kappa shape index (κ3) is 6.04. The van der Waals surface area contributed by atoms with Gasteiger partial charge in [0.2, 0.25) is 11.8 Å². The molecule has 0 aliphatic heterocycles. The van der Waals surface area contributed by atoms with Gasteiger partial charge in [0.15, 0.2) is 0 Å². The molecular weight excluding hydrogens is 431 g/mol. The number of carbonyl (C=O) groups excluding carboxylic acids is 2. The Kier molecular flexibility index (Phi) is 7.85. The average molecular weight is 461 g/mol. The first kappa shape index (κ1) is 24.1. The van der Waals surface area contributed by atoms with Crippen LogP contribution in [0.3, 0.4) is 0 Å². The molecule has 2 amide bonds. The normalized spacial score (nSPS) is 19.8. The van der Waals surface area contributed by atoms with Crippen LogP contribution >= 0.6 is 11.6 Å². The molecule has 4 N–H and O–H groups in total. The summed E-state index contributed by atoms with van der Waals surface area (Å²) >= 11 is 5.90. The summed E-state index contributed by atoms with van der Waals surface area (Å²) in [5.41, 5.74) is 7.39. The third-order valence-corrected chi connectivity index (χ3v) is 6.60. The first-order valence-corrected chi connectivity index (χ1v) is 11.2. The molecule has 1 aromatic carbocycles. The highest BCUT2D eigenvalue weighted by molar-refractivity contribution is 6.30. The molecule has 0 spiro atoms. The quantitative estimate of drug-likeness (QED) is 0.580. The van der Waals surface area contributed by atoms with Crippen molar-refractivity contribution in [2.75, 3.05) is 11.9 Å². The predicted octanol–water partition coefficient (Wildman–Crippen LogP) is 4.04. The monoisotopic (exact) mass is 460 g/mol. The van der Waals surface area contributed by atoms with E-state index in [-0.39, 0.29) is 28.7 Å². The predicted molar refractivity (Wildman–Crippen MR) is 124 cm³/mol. The van der Waals surface area contributed by atoms with E-state index >= 15 is 0 Å². The molecule has 1 unspecified atom stereocenters. The maximum Gasteiger partial charge on any atom is 0.237 e. The molecule has 0 radical (unpaired) electrons. The van der Waals surface area contributed by atoms with E-state index in [1.807, 2.05) is 13.8 Å². The number of rotatable bonds is 7. The van der Waals surface area contributed by atoms with E-state index in [0.717, 1.165) is 24.1 Å². The smallest absolute Gasteiger partial charge is 0.237 e. The van der Waals surface area contributed by atoms with Gasteiger partial charge in [0.25, 0.3) is 0 Å². The van der Waals surface area contributed by atoms with E-state index in [1.165, 1.54) is 6.07 Å². The highest BCUT2D eigenvalue weighted by Crippen LogP contribution is 2.32. The number of halogens is 2. The number of aromatic nitrogens is 1. The fraction of sp³-hybridized carbons (Fsp3) is 0.458. The highest BCUT2D eigenvalue weighted by Gasteiger charge is 2.33. The van der Waals surface area contributed by atoms with Crippen molar-refractivity contribution in [1.29, 1.82) is 0 Å². The van der Waals surface area contributed by atoms with Gasteiger partial charge in [0, 0.05) is 36.0 Å². The Balaban J connectivity index is 1.48. The second-order valence-electron chi connectivity index (χ2n) is 9.09. The van der Waals surface area contributed by atoms with Crippen molar-refractivity contribution in [2.24, 2.45) is 17.6 Å². The zero-order valence-electron chi connectivity index (χ0n) is 18.4. The minimum Gasteiger partial charge on any atom is -0.354 e. The Labute approximate surface area is 193 Å². The largest absolute Gasteiger partial charge is 0.354 e. The summed E-state index contributed by atoms with van der Waals surface area (Å²) in [6, 6.07) is 7.46. The van der Waals surface area contributed by atoms with Gasteiger partial charge < -0.3 is 16.4 Å². The van der Waals surface area contributed by atoms with Crippen LogP contribution in [0, 0.1) is 17.7 Å². The fourth-order valence-electron chi connectivity index (χ4n) is 4.08. The molecular formula is C24H30ClFN4O2. The molecule has 1 aliphatic rings. The molecule has 1 atom stereocenters. The minimum atomic E-state index is -0.633. The summed E-state index contributed by atoms with van der Waals surface area (Å²) < 4.78 is 13.5. The number of nitrogens with zero attached hydrogens (tertiary/aromatic N) is 1. The maximum absolute atomic E-state index is 13.5. The zero-order chi connectivity index (χ0) is 23.3. The Morgan fingerprint density at radius 3 is 2.47 bits per heavy atom. The van der Waals surface area contributed by atoms with E-state index in [4.69, 9.17) is 17.3 Å². The summed E-state index contributed by atoms with van der Waals surface area (Å²) in [5, 5.41) is 5.91. The fourth-order valence-corrected chi connectivity index (χ4v) is 4.26. The second-order valence-corrected chi connectivity index (χ2v) is 9.50. The lowest BCUT2D eigenvalue weighted by Crippen LogP contribution is -2.49. The molecule has 172 valence electrons. The summed E-state index contributed by atoms with van der Waals surface area (Å²) in [6.45, 7) is 4.26. The number of anilines is 1. The van der Waals surface area contributed by atoms with Crippen LogP contribution < -0.4 is 16.4 Å².